The number of aryl methyl sites for hydroxylation is 1. The summed E-state index contributed by atoms with van der Waals surface area (Å²) in [4.78, 5) is 0. The molecule has 0 aliphatic carbocycles. The summed E-state index contributed by atoms with van der Waals surface area (Å²) in [7, 11) is 0. The van der Waals surface area contributed by atoms with Crippen molar-refractivity contribution in [1.29, 1.82) is 0 Å². The topological polar surface area (TPSA) is 12.0 Å². The van der Waals surface area contributed by atoms with E-state index in [1.165, 1.54) is 32.7 Å². The fourth-order valence-corrected chi connectivity index (χ4v) is 2.41. The number of anilines is 1. The molecule has 1 aromatic rings. The number of halogens is 1. The van der Waals surface area contributed by atoms with E-state index in [0.29, 0.717) is 0 Å². The van der Waals surface area contributed by atoms with Crippen molar-refractivity contribution in [1.82, 2.24) is 0 Å². The van der Waals surface area contributed by atoms with E-state index in [9.17, 15) is 0 Å². The second-order valence-corrected chi connectivity index (χ2v) is 6.00. The fourth-order valence-electron chi connectivity index (χ4n) is 1.25. The Morgan fingerprint density at radius 1 is 1.40 bits per heavy atom. The molecule has 0 atom stereocenters. The molecule has 0 saturated carbocycles. The van der Waals surface area contributed by atoms with E-state index in [2.05, 4.69) is 60.0 Å². The van der Waals surface area contributed by atoms with Gasteiger partial charge in [-0.2, -0.15) is 11.8 Å². The van der Waals surface area contributed by atoms with Crippen molar-refractivity contribution in [2.75, 3.05) is 23.4 Å². The molecule has 0 saturated heterocycles. The van der Waals surface area contributed by atoms with Gasteiger partial charge in [-0.15, -0.1) is 0 Å². The number of thioether (sulfide) groups is 1. The van der Waals surface area contributed by atoms with Gasteiger partial charge in [-0.1, -0.05) is 13.0 Å². The lowest BCUT2D eigenvalue weighted by Gasteiger charge is -2.07. The molecule has 0 unspecified atom stereocenters. The van der Waals surface area contributed by atoms with Crippen LogP contribution in [-0.2, 0) is 0 Å². The zero-order valence-electron chi connectivity index (χ0n) is 9.35. The maximum atomic E-state index is 3.45. The quantitative estimate of drug-likeness (QED) is 0.619. The number of nitrogens with one attached hydrogen (secondary N) is 1. The van der Waals surface area contributed by atoms with Crippen molar-refractivity contribution in [3.05, 3.63) is 27.3 Å². The number of hydrogen-bond donors (Lipinski definition) is 1. The lowest BCUT2D eigenvalue weighted by atomic mass is 10.2. The van der Waals surface area contributed by atoms with E-state index in [4.69, 9.17) is 0 Å². The van der Waals surface area contributed by atoms with Gasteiger partial charge in [0.05, 0.1) is 0 Å². The zero-order chi connectivity index (χ0) is 11.1. The van der Waals surface area contributed by atoms with Crippen LogP contribution in [0.5, 0.6) is 0 Å². The first kappa shape index (κ1) is 13.2. The standard InChI is InChI=1S/C12H18INS/c1-3-15-8-4-7-14-11-6-5-10(2)12(13)9-11/h5-6,9,14H,3-4,7-8H2,1-2H3. The predicted octanol–water partition coefficient (Wildman–Crippen LogP) is 4.15. The first-order valence-corrected chi connectivity index (χ1v) is 7.55. The molecule has 0 amide bonds. The highest BCUT2D eigenvalue weighted by atomic mass is 127. The van der Waals surface area contributed by atoms with E-state index in [0.717, 1.165) is 6.54 Å². The molecule has 15 heavy (non-hydrogen) atoms. The minimum atomic E-state index is 1.08. The van der Waals surface area contributed by atoms with Gasteiger partial charge < -0.3 is 5.32 Å². The van der Waals surface area contributed by atoms with Gasteiger partial charge in [0.15, 0.2) is 0 Å². The van der Waals surface area contributed by atoms with Crippen molar-refractivity contribution in [2.24, 2.45) is 0 Å². The Bertz CT molecular complexity index is 302. The fraction of sp³-hybridized carbons (Fsp3) is 0.500. The molecule has 1 rings (SSSR count). The van der Waals surface area contributed by atoms with Crippen LogP contribution in [0.4, 0.5) is 5.69 Å². The summed E-state index contributed by atoms with van der Waals surface area (Å²) in [5.74, 6) is 2.48. The highest BCUT2D eigenvalue weighted by molar-refractivity contribution is 14.1. The Balaban J connectivity index is 2.28. The maximum absolute atomic E-state index is 3.45. The van der Waals surface area contributed by atoms with Gasteiger partial charge in [0.25, 0.3) is 0 Å². The van der Waals surface area contributed by atoms with Gasteiger partial charge in [-0.3, -0.25) is 0 Å². The van der Waals surface area contributed by atoms with Crippen molar-refractivity contribution in [3.63, 3.8) is 0 Å². The lowest BCUT2D eigenvalue weighted by molar-refractivity contribution is 0.991. The van der Waals surface area contributed by atoms with E-state index in [1.807, 2.05) is 11.8 Å². The zero-order valence-corrected chi connectivity index (χ0v) is 12.3. The molecule has 0 bridgehead atoms. The Morgan fingerprint density at radius 3 is 2.87 bits per heavy atom. The molecular formula is C12H18INS. The molecule has 1 aromatic carbocycles. The van der Waals surface area contributed by atoms with Gasteiger partial charge in [0.1, 0.15) is 0 Å². The van der Waals surface area contributed by atoms with Crippen LogP contribution in [0.15, 0.2) is 18.2 Å². The molecule has 0 radical (unpaired) electrons. The first-order valence-electron chi connectivity index (χ1n) is 5.32. The first-order chi connectivity index (χ1) is 7.24. The third kappa shape index (κ3) is 5.11. The minimum Gasteiger partial charge on any atom is -0.385 e. The van der Waals surface area contributed by atoms with E-state index >= 15 is 0 Å². The molecule has 0 aliphatic heterocycles. The third-order valence-electron chi connectivity index (χ3n) is 2.17. The highest BCUT2D eigenvalue weighted by Gasteiger charge is 1.96. The summed E-state index contributed by atoms with van der Waals surface area (Å²) in [6, 6.07) is 6.54. The Kier molecular flexibility index (Phi) is 6.48. The molecular weight excluding hydrogens is 317 g/mol. The van der Waals surface area contributed by atoms with Crippen LogP contribution in [0.2, 0.25) is 0 Å². The van der Waals surface area contributed by atoms with E-state index in [-0.39, 0.29) is 0 Å². The normalized spacial score (nSPS) is 10.3. The van der Waals surface area contributed by atoms with Crippen molar-refractivity contribution < 1.29 is 0 Å². The molecule has 84 valence electrons. The monoisotopic (exact) mass is 335 g/mol. The smallest absolute Gasteiger partial charge is 0.0350 e. The van der Waals surface area contributed by atoms with Gasteiger partial charge in [-0.05, 0) is 65.1 Å². The van der Waals surface area contributed by atoms with Crippen LogP contribution in [-0.4, -0.2) is 18.1 Å². The van der Waals surface area contributed by atoms with Crippen molar-refractivity contribution >= 4 is 40.0 Å². The summed E-state index contributed by atoms with van der Waals surface area (Å²) in [5, 5.41) is 3.45. The summed E-state index contributed by atoms with van der Waals surface area (Å²) < 4.78 is 1.33. The summed E-state index contributed by atoms with van der Waals surface area (Å²) in [6.45, 7) is 5.43. The lowest BCUT2D eigenvalue weighted by Crippen LogP contribution is -2.03. The van der Waals surface area contributed by atoms with Crippen LogP contribution in [0.1, 0.15) is 18.9 Å². The number of benzene rings is 1. The second kappa shape index (κ2) is 7.39. The maximum Gasteiger partial charge on any atom is 0.0350 e. The number of rotatable bonds is 6. The largest absolute Gasteiger partial charge is 0.385 e. The van der Waals surface area contributed by atoms with Gasteiger partial charge in [0, 0.05) is 15.8 Å². The van der Waals surface area contributed by atoms with Crippen LogP contribution in [0.3, 0.4) is 0 Å². The molecule has 0 spiro atoms. The Morgan fingerprint density at radius 2 is 2.20 bits per heavy atom. The second-order valence-electron chi connectivity index (χ2n) is 3.44. The molecule has 0 aliphatic rings. The van der Waals surface area contributed by atoms with Crippen molar-refractivity contribution in [3.8, 4) is 0 Å². The SMILES string of the molecule is CCSCCCNc1ccc(C)c(I)c1. The summed E-state index contributed by atoms with van der Waals surface area (Å²) >= 11 is 4.39. The molecule has 0 fully saturated rings. The van der Waals surface area contributed by atoms with Gasteiger partial charge in [0.2, 0.25) is 0 Å². The average molecular weight is 335 g/mol. The van der Waals surface area contributed by atoms with Crippen molar-refractivity contribution in [2.45, 2.75) is 20.3 Å². The van der Waals surface area contributed by atoms with Crippen LogP contribution < -0.4 is 5.32 Å². The number of hydrogen-bond acceptors (Lipinski definition) is 2. The minimum absolute atomic E-state index is 1.08. The molecule has 1 N–H and O–H groups in total. The Hall–Kier alpha value is 0.100. The predicted molar refractivity (Wildman–Crippen MR) is 80.0 cm³/mol. The van der Waals surface area contributed by atoms with Gasteiger partial charge in [-0.25, -0.2) is 0 Å². The Labute approximate surface area is 111 Å². The molecule has 3 heteroatoms. The highest BCUT2D eigenvalue weighted by Crippen LogP contribution is 2.17. The van der Waals surface area contributed by atoms with Crippen LogP contribution >= 0.6 is 34.4 Å². The molecule has 1 nitrogen and oxygen atoms in total. The average Bonchev–Trinajstić information content (AvgIpc) is 2.23. The molecule has 0 heterocycles. The third-order valence-corrected chi connectivity index (χ3v) is 4.32. The van der Waals surface area contributed by atoms with E-state index < -0.39 is 0 Å². The van der Waals surface area contributed by atoms with E-state index in [1.54, 1.807) is 0 Å². The van der Waals surface area contributed by atoms with Crippen LogP contribution in [0.25, 0.3) is 0 Å². The van der Waals surface area contributed by atoms with Crippen LogP contribution in [0, 0.1) is 10.5 Å². The molecule has 0 aromatic heterocycles. The summed E-state index contributed by atoms with van der Waals surface area (Å²) in [5.41, 5.74) is 2.59. The summed E-state index contributed by atoms with van der Waals surface area (Å²) in [6.07, 6.45) is 1.24. The van der Waals surface area contributed by atoms with Gasteiger partial charge >= 0.3 is 0 Å².